The number of nitrogens with zero attached hydrogens (tertiary/aromatic N) is 2. The second-order valence-corrected chi connectivity index (χ2v) is 10.5. The maximum absolute atomic E-state index is 6.22. The minimum absolute atomic E-state index is 0.643. The van der Waals surface area contributed by atoms with Gasteiger partial charge in [0.1, 0.15) is 17.0 Å². The Morgan fingerprint density at radius 2 is 1.63 bits per heavy atom. The molecule has 3 aromatic heterocycles. The number of rotatable bonds is 4. The smallest absolute Gasteiger partial charge is 0.147 e. The lowest BCUT2D eigenvalue weighted by Gasteiger charge is -2.10. The quantitative estimate of drug-likeness (QED) is 0.256. The Hall–Kier alpha value is -3.89. The zero-order chi connectivity index (χ0) is 23.5. The van der Waals surface area contributed by atoms with Gasteiger partial charge in [-0.1, -0.05) is 56.3 Å². The molecule has 0 atom stereocenters. The van der Waals surface area contributed by atoms with Crippen molar-refractivity contribution >= 4 is 54.4 Å². The molecule has 0 N–H and O–H groups in total. The van der Waals surface area contributed by atoms with Gasteiger partial charge in [0.15, 0.2) is 0 Å². The third-order valence-electron chi connectivity index (χ3n) is 6.71. The van der Waals surface area contributed by atoms with Crippen LogP contribution in [0, 0.1) is 5.92 Å². The monoisotopic (exact) mass is 472 g/mol. The molecule has 0 aliphatic heterocycles. The molecular formula is C31H24N2OS. The average Bonchev–Trinajstić information content (AvgIpc) is 3.55. The van der Waals surface area contributed by atoms with Crippen LogP contribution >= 0.6 is 11.3 Å². The number of benzene rings is 4. The number of aromatic nitrogens is 2. The van der Waals surface area contributed by atoms with Gasteiger partial charge in [-0.15, -0.1) is 11.3 Å². The summed E-state index contributed by atoms with van der Waals surface area (Å²) < 4.78 is 9.80. The predicted octanol–water partition coefficient (Wildman–Crippen LogP) is 9.01. The number of para-hydroxylation sites is 3. The Labute approximate surface area is 207 Å². The summed E-state index contributed by atoms with van der Waals surface area (Å²) in [7, 11) is 0. The van der Waals surface area contributed by atoms with Crippen LogP contribution in [0.2, 0.25) is 0 Å². The van der Waals surface area contributed by atoms with Crippen molar-refractivity contribution in [3.8, 4) is 17.1 Å². The van der Waals surface area contributed by atoms with Crippen LogP contribution in [0.25, 0.3) is 60.1 Å². The molecule has 0 bridgehead atoms. The first-order valence-electron chi connectivity index (χ1n) is 12.1. The molecule has 3 heterocycles. The molecule has 0 radical (unpaired) electrons. The van der Waals surface area contributed by atoms with E-state index in [1.807, 2.05) is 12.1 Å². The first-order chi connectivity index (χ1) is 17.2. The zero-order valence-electron chi connectivity index (χ0n) is 19.7. The highest BCUT2D eigenvalue weighted by Gasteiger charge is 2.19. The minimum Gasteiger partial charge on any atom is -0.456 e. The van der Waals surface area contributed by atoms with Crippen LogP contribution in [0.5, 0.6) is 0 Å². The third kappa shape index (κ3) is 3.28. The largest absolute Gasteiger partial charge is 0.456 e. The van der Waals surface area contributed by atoms with Gasteiger partial charge >= 0.3 is 0 Å². The number of imidazole rings is 1. The van der Waals surface area contributed by atoms with Crippen molar-refractivity contribution in [3.05, 3.63) is 95.9 Å². The van der Waals surface area contributed by atoms with Gasteiger partial charge in [-0.05, 0) is 54.3 Å². The molecule has 0 saturated heterocycles. The molecular weight excluding hydrogens is 448 g/mol. The van der Waals surface area contributed by atoms with Gasteiger partial charge in [-0.2, -0.15) is 0 Å². The van der Waals surface area contributed by atoms with Gasteiger partial charge in [0.2, 0.25) is 0 Å². The molecule has 0 saturated carbocycles. The van der Waals surface area contributed by atoms with Crippen molar-refractivity contribution in [3.63, 3.8) is 0 Å². The van der Waals surface area contributed by atoms with Crippen LogP contribution in [0.3, 0.4) is 0 Å². The fourth-order valence-corrected chi connectivity index (χ4v) is 6.17. The predicted molar refractivity (Wildman–Crippen MR) is 148 cm³/mol. The Balaban J connectivity index is 1.45. The number of fused-ring (bicyclic) bond motifs is 5. The Morgan fingerprint density at radius 3 is 2.54 bits per heavy atom. The molecule has 0 spiro atoms. The lowest BCUT2D eigenvalue weighted by Crippen LogP contribution is -1.97. The van der Waals surface area contributed by atoms with E-state index in [-0.39, 0.29) is 0 Å². The van der Waals surface area contributed by atoms with Crippen molar-refractivity contribution in [2.24, 2.45) is 5.92 Å². The van der Waals surface area contributed by atoms with E-state index in [0.29, 0.717) is 5.92 Å². The molecule has 0 aliphatic rings. The molecule has 4 heteroatoms. The summed E-state index contributed by atoms with van der Waals surface area (Å²) in [6, 6.07) is 29.9. The van der Waals surface area contributed by atoms with Gasteiger partial charge in [0.25, 0.3) is 0 Å². The summed E-state index contributed by atoms with van der Waals surface area (Å²) in [5.74, 6) is 1.61. The van der Waals surface area contributed by atoms with E-state index in [4.69, 9.17) is 9.40 Å². The molecule has 170 valence electrons. The summed E-state index contributed by atoms with van der Waals surface area (Å²) in [5.41, 5.74) is 7.50. The van der Waals surface area contributed by atoms with E-state index in [9.17, 15) is 0 Å². The topological polar surface area (TPSA) is 31.0 Å². The second-order valence-electron chi connectivity index (χ2n) is 9.62. The fraction of sp³-hybridized carbons (Fsp3) is 0.129. The average molecular weight is 473 g/mol. The summed E-state index contributed by atoms with van der Waals surface area (Å²) in [6.45, 7) is 4.54. The SMILES string of the molecule is CC(C)Cc1ccc2c(-c3nc4ccccc4n3-c3ccc4c(c3)oc3ccccc34)csc2c1. The Morgan fingerprint density at radius 1 is 0.829 bits per heavy atom. The molecule has 0 amide bonds. The molecule has 0 fully saturated rings. The maximum Gasteiger partial charge on any atom is 0.147 e. The van der Waals surface area contributed by atoms with Crippen molar-refractivity contribution in [2.45, 2.75) is 20.3 Å². The van der Waals surface area contributed by atoms with Crippen LogP contribution in [-0.4, -0.2) is 9.55 Å². The fourth-order valence-electron chi connectivity index (χ4n) is 5.17. The highest BCUT2D eigenvalue weighted by Crippen LogP contribution is 2.38. The van der Waals surface area contributed by atoms with Crippen LogP contribution in [0.15, 0.2) is 94.7 Å². The molecule has 7 aromatic rings. The van der Waals surface area contributed by atoms with Gasteiger partial charge < -0.3 is 4.42 Å². The van der Waals surface area contributed by atoms with E-state index in [2.05, 4.69) is 96.6 Å². The second kappa shape index (κ2) is 7.82. The van der Waals surface area contributed by atoms with Crippen LogP contribution in [0.4, 0.5) is 0 Å². The van der Waals surface area contributed by atoms with Crippen molar-refractivity contribution in [2.75, 3.05) is 0 Å². The van der Waals surface area contributed by atoms with Crippen LogP contribution < -0.4 is 0 Å². The standard InChI is InChI=1S/C31H24N2OS/c1-19(2)15-20-11-13-24-25(18-35-30(24)16-20)31-32-26-8-4-5-9-27(26)33(31)21-12-14-23-22-7-3-6-10-28(22)34-29(23)17-21/h3-14,16-19H,15H2,1-2H3. The lowest BCUT2D eigenvalue weighted by molar-refractivity contribution is 0.648. The lowest BCUT2D eigenvalue weighted by atomic mass is 10.0. The summed E-state index contributed by atoms with van der Waals surface area (Å²) in [5, 5.41) is 5.78. The minimum atomic E-state index is 0.643. The number of thiophene rings is 1. The number of furan rings is 1. The zero-order valence-corrected chi connectivity index (χ0v) is 20.5. The van der Waals surface area contributed by atoms with E-state index in [0.717, 1.165) is 50.9 Å². The summed E-state index contributed by atoms with van der Waals surface area (Å²) in [6.07, 6.45) is 1.10. The summed E-state index contributed by atoms with van der Waals surface area (Å²) in [4.78, 5) is 5.11. The normalized spacial score (nSPS) is 12.1. The first kappa shape index (κ1) is 20.5. The van der Waals surface area contributed by atoms with Gasteiger partial charge in [-0.25, -0.2) is 4.98 Å². The third-order valence-corrected chi connectivity index (χ3v) is 7.65. The molecule has 0 unspecified atom stereocenters. The maximum atomic E-state index is 6.22. The molecule has 4 aromatic carbocycles. The molecule has 3 nitrogen and oxygen atoms in total. The van der Waals surface area contributed by atoms with Crippen LogP contribution in [0.1, 0.15) is 19.4 Å². The van der Waals surface area contributed by atoms with E-state index >= 15 is 0 Å². The van der Waals surface area contributed by atoms with Gasteiger partial charge in [-0.3, -0.25) is 4.57 Å². The molecule has 35 heavy (non-hydrogen) atoms. The molecule has 7 rings (SSSR count). The van der Waals surface area contributed by atoms with E-state index < -0.39 is 0 Å². The number of hydrogen-bond donors (Lipinski definition) is 0. The van der Waals surface area contributed by atoms with Crippen molar-refractivity contribution < 1.29 is 4.42 Å². The van der Waals surface area contributed by atoms with E-state index in [1.165, 1.54) is 21.2 Å². The van der Waals surface area contributed by atoms with Crippen LogP contribution in [-0.2, 0) is 6.42 Å². The van der Waals surface area contributed by atoms with Gasteiger partial charge in [0.05, 0.1) is 16.7 Å². The van der Waals surface area contributed by atoms with Crippen molar-refractivity contribution in [1.82, 2.24) is 9.55 Å². The van der Waals surface area contributed by atoms with Gasteiger partial charge in [0, 0.05) is 37.9 Å². The number of hydrogen-bond acceptors (Lipinski definition) is 3. The summed E-state index contributed by atoms with van der Waals surface area (Å²) >= 11 is 1.80. The Bertz CT molecular complexity index is 1870. The highest BCUT2D eigenvalue weighted by atomic mass is 32.1. The molecule has 0 aliphatic carbocycles. The van der Waals surface area contributed by atoms with Crippen molar-refractivity contribution in [1.29, 1.82) is 0 Å². The first-order valence-corrected chi connectivity index (χ1v) is 12.9. The highest BCUT2D eigenvalue weighted by molar-refractivity contribution is 7.17. The van der Waals surface area contributed by atoms with E-state index in [1.54, 1.807) is 11.3 Å². The Kier molecular flexibility index (Phi) is 4.58.